The van der Waals surface area contributed by atoms with Crippen molar-refractivity contribution < 1.29 is 8.42 Å². The zero-order valence-corrected chi connectivity index (χ0v) is 17.3. The molecule has 0 bridgehead atoms. The molecule has 3 rings (SSSR count). The highest BCUT2D eigenvalue weighted by molar-refractivity contribution is 7.89. The molecule has 0 fully saturated rings. The first-order valence-electron chi connectivity index (χ1n) is 8.98. The van der Waals surface area contributed by atoms with Crippen molar-refractivity contribution in [3.63, 3.8) is 0 Å². The van der Waals surface area contributed by atoms with Crippen molar-refractivity contribution >= 4 is 10.0 Å². The molecular weight excluding hydrogens is 374 g/mol. The number of benzene rings is 1. The number of rotatable bonds is 7. The molecule has 1 N–H and O–H groups in total. The molecule has 0 aliphatic rings. The second-order valence-electron chi connectivity index (χ2n) is 6.87. The van der Waals surface area contributed by atoms with Crippen molar-refractivity contribution in [2.45, 2.75) is 24.4 Å². The summed E-state index contributed by atoms with van der Waals surface area (Å²) in [6.45, 7) is 2.70. The van der Waals surface area contributed by atoms with Gasteiger partial charge in [-0.2, -0.15) is 5.10 Å². The van der Waals surface area contributed by atoms with Crippen LogP contribution >= 0.6 is 0 Å². The molecule has 0 radical (unpaired) electrons. The summed E-state index contributed by atoms with van der Waals surface area (Å²) < 4.78 is 27.4. The number of nitrogens with zero attached hydrogens (tertiary/aromatic N) is 4. The summed E-state index contributed by atoms with van der Waals surface area (Å²) in [7, 11) is 1.55. The zero-order chi connectivity index (χ0) is 20.3. The molecule has 0 amide bonds. The van der Waals surface area contributed by atoms with E-state index in [1.165, 1.54) is 18.4 Å². The number of hydrogen-bond donors (Lipinski definition) is 1. The van der Waals surface area contributed by atoms with E-state index < -0.39 is 10.0 Å². The van der Waals surface area contributed by atoms with Crippen molar-refractivity contribution in [1.82, 2.24) is 24.4 Å². The lowest BCUT2D eigenvalue weighted by Gasteiger charge is -2.16. The molecule has 148 valence electrons. The third-order valence-corrected chi connectivity index (χ3v) is 6.45. The van der Waals surface area contributed by atoms with Crippen LogP contribution in [-0.2, 0) is 23.6 Å². The summed E-state index contributed by atoms with van der Waals surface area (Å²) in [5, 5.41) is 8.06. The molecule has 1 aromatic carbocycles. The highest BCUT2D eigenvalue weighted by Crippen LogP contribution is 2.23. The number of aromatic nitrogens is 3. The van der Waals surface area contributed by atoms with Gasteiger partial charge in [0.1, 0.15) is 0 Å². The van der Waals surface area contributed by atoms with Crippen LogP contribution in [0.25, 0.3) is 11.3 Å². The van der Waals surface area contributed by atoms with Gasteiger partial charge in [-0.1, -0.05) is 12.1 Å². The Bertz CT molecular complexity index is 1030. The number of hydrogen-bond acceptors (Lipinski definition) is 5. The standard InChI is InChI=1S/C20H25N5O2S/c1-15(16-5-7-19(8-6-16)28(26,27)24(2)3)22-13-18-14-25(4)23-20(18)17-9-11-21-12-10-17/h5-12,14-15,22H,13H2,1-4H3. The van der Waals surface area contributed by atoms with E-state index in [-0.39, 0.29) is 6.04 Å². The van der Waals surface area contributed by atoms with Gasteiger partial charge in [-0.25, -0.2) is 12.7 Å². The molecule has 2 aromatic heterocycles. The highest BCUT2D eigenvalue weighted by atomic mass is 32.2. The number of nitrogens with one attached hydrogen (secondary N) is 1. The van der Waals surface area contributed by atoms with Gasteiger partial charge >= 0.3 is 0 Å². The molecule has 28 heavy (non-hydrogen) atoms. The van der Waals surface area contributed by atoms with E-state index in [2.05, 4.69) is 22.3 Å². The minimum Gasteiger partial charge on any atom is -0.306 e. The maximum absolute atomic E-state index is 12.2. The van der Waals surface area contributed by atoms with Crippen LogP contribution in [0.5, 0.6) is 0 Å². The van der Waals surface area contributed by atoms with Crippen LogP contribution in [0, 0.1) is 0 Å². The fourth-order valence-electron chi connectivity index (χ4n) is 2.94. The molecule has 7 nitrogen and oxygen atoms in total. The number of aryl methyl sites for hydroxylation is 1. The minimum absolute atomic E-state index is 0.0570. The van der Waals surface area contributed by atoms with Crippen molar-refractivity contribution in [2.75, 3.05) is 14.1 Å². The molecule has 0 saturated carbocycles. The fourth-order valence-corrected chi connectivity index (χ4v) is 3.84. The second kappa shape index (κ2) is 8.22. The van der Waals surface area contributed by atoms with Gasteiger partial charge in [0.2, 0.25) is 10.0 Å². The van der Waals surface area contributed by atoms with E-state index in [4.69, 9.17) is 0 Å². The Morgan fingerprint density at radius 2 is 1.75 bits per heavy atom. The van der Waals surface area contributed by atoms with Crippen molar-refractivity contribution in [3.05, 3.63) is 66.1 Å². The van der Waals surface area contributed by atoms with Gasteiger partial charge in [0.05, 0.1) is 10.6 Å². The second-order valence-corrected chi connectivity index (χ2v) is 9.02. The maximum Gasteiger partial charge on any atom is 0.242 e. The first kappa shape index (κ1) is 20.2. The van der Waals surface area contributed by atoms with Gasteiger partial charge in [0.15, 0.2) is 0 Å². The SMILES string of the molecule is CC(NCc1cn(C)nc1-c1ccncc1)c1ccc(S(=O)(=O)N(C)C)cc1. The van der Waals surface area contributed by atoms with Crippen LogP contribution in [0.2, 0.25) is 0 Å². The Morgan fingerprint density at radius 3 is 2.36 bits per heavy atom. The Morgan fingerprint density at radius 1 is 1.11 bits per heavy atom. The Balaban J connectivity index is 1.72. The van der Waals surface area contributed by atoms with Gasteiger partial charge in [0, 0.05) is 63.4 Å². The maximum atomic E-state index is 12.2. The molecule has 0 aliphatic carbocycles. The van der Waals surface area contributed by atoms with Crippen molar-refractivity contribution in [3.8, 4) is 11.3 Å². The third-order valence-electron chi connectivity index (χ3n) is 4.62. The van der Waals surface area contributed by atoms with Gasteiger partial charge < -0.3 is 5.32 Å². The van der Waals surface area contributed by atoms with Crippen LogP contribution in [0.4, 0.5) is 0 Å². The average molecular weight is 400 g/mol. The topological polar surface area (TPSA) is 80.1 Å². The van der Waals surface area contributed by atoms with Gasteiger partial charge in [-0.15, -0.1) is 0 Å². The Hall–Kier alpha value is -2.55. The van der Waals surface area contributed by atoms with Crippen LogP contribution in [0.15, 0.2) is 59.9 Å². The molecule has 2 heterocycles. The molecule has 3 aromatic rings. The lowest BCUT2D eigenvalue weighted by molar-refractivity contribution is 0.520. The Labute approximate surface area is 166 Å². The van der Waals surface area contributed by atoms with E-state index in [0.717, 1.165) is 22.4 Å². The highest BCUT2D eigenvalue weighted by Gasteiger charge is 2.17. The van der Waals surface area contributed by atoms with Crippen LogP contribution in [0.3, 0.4) is 0 Å². The molecule has 0 saturated heterocycles. The number of pyridine rings is 1. The average Bonchev–Trinajstić information content (AvgIpc) is 3.07. The number of sulfonamides is 1. The largest absolute Gasteiger partial charge is 0.306 e. The predicted octanol–water partition coefficient (Wildman–Crippen LogP) is 2.58. The van der Waals surface area contributed by atoms with Crippen LogP contribution in [-0.4, -0.2) is 41.6 Å². The van der Waals surface area contributed by atoms with Crippen LogP contribution in [0.1, 0.15) is 24.1 Å². The molecule has 1 atom stereocenters. The summed E-state index contributed by atoms with van der Waals surface area (Å²) in [4.78, 5) is 4.35. The molecular formula is C20H25N5O2S. The van der Waals surface area contributed by atoms with E-state index in [1.54, 1.807) is 29.2 Å². The first-order chi connectivity index (χ1) is 13.3. The van der Waals surface area contributed by atoms with Gasteiger partial charge in [-0.3, -0.25) is 9.67 Å². The summed E-state index contributed by atoms with van der Waals surface area (Å²) >= 11 is 0. The minimum atomic E-state index is -3.41. The lowest BCUT2D eigenvalue weighted by atomic mass is 10.1. The molecule has 1 unspecified atom stereocenters. The van der Waals surface area contributed by atoms with Gasteiger partial charge in [-0.05, 0) is 36.8 Å². The summed E-state index contributed by atoms with van der Waals surface area (Å²) in [5.41, 5.74) is 4.06. The molecule has 0 spiro atoms. The normalized spacial score (nSPS) is 13.0. The van der Waals surface area contributed by atoms with E-state index in [9.17, 15) is 8.42 Å². The fraction of sp³-hybridized carbons (Fsp3) is 0.300. The third kappa shape index (κ3) is 4.30. The van der Waals surface area contributed by atoms with E-state index in [0.29, 0.717) is 11.4 Å². The van der Waals surface area contributed by atoms with Gasteiger partial charge in [0.25, 0.3) is 0 Å². The van der Waals surface area contributed by atoms with E-state index in [1.807, 2.05) is 37.5 Å². The van der Waals surface area contributed by atoms with Crippen LogP contribution < -0.4 is 5.32 Å². The smallest absolute Gasteiger partial charge is 0.242 e. The summed E-state index contributed by atoms with van der Waals surface area (Å²) in [6, 6.07) is 10.9. The van der Waals surface area contributed by atoms with Crippen molar-refractivity contribution in [2.24, 2.45) is 7.05 Å². The lowest BCUT2D eigenvalue weighted by Crippen LogP contribution is -2.22. The summed E-state index contributed by atoms with van der Waals surface area (Å²) in [6.07, 6.45) is 5.52. The quantitative estimate of drug-likeness (QED) is 0.661. The van der Waals surface area contributed by atoms with Crippen molar-refractivity contribution in [1.29, 1.82) is 0 Å². The molecule has 0 aliphatic heterocycles. The van der Waals surface area contributed by atoms with E-state index >= 15 is 0 Å². The summed E-state index contributed by atoms with van der Waals surface area (Å²) in [5.74, 6) is 0. The monoisotopic (exact) mass is 399 g/mol. The Kier molecular flexibility index (Phi) is 5.93. The first-order valence-corrected chi connectivity index (χ1v) is 10.4. The molecule has 8 heteroatoms. The predicted molar refractivity (Wildman–Crippen MR) is 109 cm³/mol. The zero-order valence-electron chi connectivity index (χ0n) is 16.5.